The molecule has 1 aliphatic carbocycles. The van der Waals surface area contributed by atoms with Crippen LogP contribution in [-0.2, 0) is 9.84 Å². The van der Waals surface area contributed by atoms with Crippen LogP contribution in [0.4, 0.5) is 0 Å². The summed E-state index contributed by atoms with van der Waals surface area (Å²) in [6.45, 7) is 5.74. The van der Waals surface area contributed by atoms with Crippen LogP contribution in [0.2, 0.25) is 0 Å². The van der Waals surface area contributed by atoms with E-state index in [1.54, 1.807) is 18.7 Å². The van der Waals surface area contributed by atoms with Crippen molar-refractivity contribution in [3.8, 4) is 0 Å². The van der Waals surface area contributed by atoms with Gasteiger partial charge in [0.2, 0.25) is 0 Å². The van der Waals surface area contributed by atoms with E-state index >= 15 is 0 Å². The zero-order valence-electron chi connectivity index (χ0n) is 13.3. The Labute approximate surface area is 133 Å². The van der Waals surface area contributed by atoms with E-state index in [0.29, 0.717) is 5.75 Å². The summed E-state index contributed by atoms with van der Waals surface area (Å²) in [7, 11) is -3.04. The molecule has 0 aromatic heterocycles. The summed E-state index contributed by atoms with van der Waals surface area (Å²) in [6.07, 6.45) is 4.34. The molecule has 21 heavy (non-hydrogen) atoms. The second kappa shape index (κ2) is 7.20. The monoisotopic (exact) mass is 335 g/mol. The minimum atomic E-state index is -3.04. The van der Waals surface area contributed by atoms with Crippen molar-refractivity contribution in [2.24, 2.45) is 11.3 Å². The van der Waals surface area contributed by atoms with Crippen molar-refractivity contribution in [2.75, 3.05) is 37.0 Å². The molecule has 0 spiro atoms. The summed E-state index contributed by atoms with van der Waals surface area (Å²) in [5.41, 5.74) is -0.0873. The first-order chi connectivity index (χ1) is 9.92. The molecule has 1 heterocycles. The van der Waals surface area contributed by atoms with Gasteiger partial charge in [-0.1, -0.05) is 26.7 Å². The Kier molecular flexibility index (Phi) is 6.02. The lowest BCUT2D eigenvalue weighted by atomic mass is 9.71. The molecule has 2 rings (SSSR count). The van der Waals surface area contributed by atoms with Crippen LogP contribution in [-0.4, -0.2) is 60.8 Å². The van der Waals surface area contributed by atoms with Crippen LogP contribution in [0.5, 0.6) is 0 Å². The standard InChI is InChI=1S/C15H29NO3S2/c1-3-21(18,19)14-10-20-9-8-16(14)11-15(12-17)6-4-13(2)5-7-15/h13-14,17H,3-12H2,1-2H3. The van der Waals surface area contributed by atoms with Crippen LogP contribution >= 0.6 is 11.8 Å². The molecule has 0 amide bonds. The summed E-state index contributed by atoms with van der Waals surface area (Å²) in [6, 6.07) is 0. The van der Waals surface area contributed by atoms with Gasteiger partial charge in [0.15, 0.2) is 9.84 Å². The Morgan fingerprint density at radius 1 is 1.33 bits per heavy atom. The lowest BCUT2D eigenvalue weighted by Crippen LogP contribution is -2.53. The van der Waals surface area contributed by atoms with Crippen LogP contribution in [0.15, 0.2) is 0 Å². The SMILES string of the molecule is CCS(=O)(=O)C1CSCCN1CC1(CO)CCC(C)CC1. The summed E-state index contributed by atoms with van der Waals surface area (Å²) >= 11 is 1.73. The van der Waals surface area contributed by atoms with Crippen LogP contribution in [0.25, 0.3) is 0 Å². The number of aliphatic hydroxyl groups is 1. The summed E-state index contributed by atoms with van der Waals surface area (Å²) < 4.78 is 24.7. The van der Waals surface area contributed by atoms with Gasteiger partial charge < -0.3 is 5.11 Å². The highest BCUT2D eigenvalue weighted by Crippen LogP contribution is 2.40. The van der Waals surface area contributed by atoms with E-state index in [2.05, 4.69) is 11.8 Å². The Morgan fingerprint density at radius 3 is 2.57 bits per heavy atom. The van der Waals surface area contributed by atoms with Gasteiger partial charge in [-0.15, -0.1) is 0 Å². The zero-order valence-corrected chi connectivity index (χ0v) is 14.9. The highest BCUT2D eigenvalue weighted by molar-refractivity contribution is 8.01. The van der Waals surface area contributed by atoms with E-state index < -0.39 is 9.84 Å². The largest absolute Gasteiger partial charge is 0.396 e. The van der Waals surface area contributed by atoms with Crippen LogP contribution in [0.3, 0.4) is 0 Å². The molecule has 1 N–H and O–H groups in total. The fourth-order valence-electron chi connectivity index (χ4n) is 3.49. The van der Waals surface area contributed by atoms with E-state index in [-0.39, 0.29) is 23.1 Å². The van der Waals surface area contributed by atoms with Gasteiger partial charge >= 0.3 is 0 Å². The molecule has 0 bridgehead atoms. The Bertz CT molecular complexity index is 430. The van der Waals surface area contributed by atoms with Crippen molar-refractivity contribution >= 4 is 21.6 Å². The number of hydrogen-bond acceptors (Lipinski definition) is 5. The maximum Gasteiger partial charge on any atom is 0.166 e. The van der Waals surface area contributed by atoms with Gasteiger partial charge in [-0.2, -0.15) is 11.8 Å². The second-order valence-corrected chi connectivity index (χ2v) is 10.4. The zero-order chi connectivity index (χ0) is 15.5. The van der Waals surface area contributed by atoms with E-state index in [1.165, 1.54) is 0 Å². The van der Waals surface area contributed by atoms with Crippen molar-refractivity contribution in [1.82, 2.24) is 4.90 Å². The number of hydrogen-bond donors (Lipinski definition) is 1. The fourth-order valence-corrected chi connectivity index (χ4v) is 6.57. The molecule has 2 fully saturated rings. The molecule has 0 radical (unpaired) electrons. The molecule has 1 aliphatic heterocycles. The lowest BCUT2D eigenvalue weighted by molar-refractivity contribution is 0.0280. The predicted octanol–water partition coefficient (Wildman–Crippen LogP) is 1.98. The first-order valence-corrected chi connectivity index (χ1v) is 10.9. The van der Waals surface area contributed by atoms with E-state index in [4.69, 9.17) is 0 Å². The molecule has 6 heteroatoms. The van der Waals surface area contributed by atoms with Crippen LogP contribution in [0, 0.1) is 11.3 Å². The Balaban J connectivity index is 2.11. The number of sulfone groups is 1. The number of nitrogens with zero attached hydrogens (tertiary/aromatic N) is 1. The van der Waals surface area contributed by atoms with Crippen molar-refractivity contribution < 1.29 is 13.5 Å². The molecule has 4 nitrogen and oxygen atoms in total. The van der Waals surface area contributed by atoms with Crippen molar-refractivity contribution in [2.45, 2.75) is 44.9 Å². The first-order valence-electron chi connectivity index (χ1n) is 8.07. The fraction of sp³-hybridized carbons (Fsp3) is 1.00. The Hall–Kier alpha value is 0.220. The third-order valence-corrected chi connectivity index (χ3v) is 8.55. The summed E-state index contributed by atoms with van der Waals surface area (Å²) in [5, 5.41) is 9.57. The maximum absolute atomic E-state index is 12.3. The molecule has 1 unspecified atom stereocenters. The van der Waals surface area contributed by atoms with Crippen molar-refractivity contribution in [1.29, 1.82) is 0 Å². The smallest absolute Gasteiger partial charge is 0.166 e. The van der Waals surface area contributed by atoms with Gasteiger partial charge in [-0.25, -0.2) is 8.42 Å². The minimum Gasteiger partial charge on any atom is -0.396 e. The van der Waals surface area contributed by atoms with Gasteiger partial charge in [0.25, 0.3) is 0 Å². The molecule has 1 saturated carbocycles. The molecule has 0 aromatic carbocycles. The molecule has 124 valence electrons. The van der Waals surface area contributed by atoms with Gasteiger partial charge in [0.1, 0.15) is 5.37 Å². The minimum absolute atomic E-state index is 0.0873. The predicted molar refractivity (Wildman–Crippen MR) is 89.3 cm³/mol. The average Bonchev–Trinajstić information content (AvgIpc) is 2.50. The molecular weight excluding hydrogens is 306 g/mol. The molecule has 1 saturated heterocycles. The number of rotatable bonds is 5. The summed E-state index contributed by atoms with van der Waals surface area (Å²) in [4.78, 5) is 2.14. The van der Waals surface area contributed by atoms with Crippen molar-refractivity contribution in [3.05, 3.63) is 0 Å². The van der Waals surface area contributed by atoms with Crippen LogP contribution in [0.1, 0.15) is 39.5 Å². The topological polar surface area (TPSA) is 57.6 Å². The van der Waals surface area contributed by atoms with Gasteiger partial charge in [0.05, 0.1) is 0 Å². The van der Waals surface area contributed by atoms with E-state index in [1.807, 2.05) is 0 Å². The van der Waals surface area contributed by atoms with Crippen molar-refractivity contribution in [3.63, 3.8) is 0 Å². The molecule has 2 aliphatic rings. The quantitative estimate of drug-likeness (QED) is 0.832. The highest BCUT2D eigenvalue weighted by atomic mass is 32.2. The lowest BCUT2D eigenvalue weighted by Gasteiger charge is -2.44. The van der Waals surface area contributed by atoms with Crippen LogP contribution < -0.4 is 0 Å². The van der Waals surface area contributed by atoms with E-state index in [9.17, 15) is 13.5 Å². The normalized spacial score (nSPS) is 35.8. The average molecular weight is 336 g/mol. The molecular formula is C15H29NO3S2. The Morgan fingerprint density at radius 2 is 2.00 bits per heavy atom. The van der Waals surface area contributed by atoms with E-state index in [0.717, 1.165) is 50.4 Å². The van der Waals surface area contributed by atoms with Gasteiger partial charge in [-0.05, 0) is 18.8 Å². The van der Waals surface area contributed by atoms with Gasteiger partial charge in [0, 0.05) is 42.4 Å². The number of thioether (sulfide) groups is 1. The maximum atomic E-state index is 12.3. The third-order valence-electron chi connectivity index (χ3n) is 5.22. The first kappa shape index (κ1) is 17.6. The van der Waals surface area contributed by atoms with Gasteiger partial charge in [-0.3, -0.25) is 4.90 Å². The summed E-state index contributed by atoms with van der Waals surface area (Å²) in [5.74, 6) is 2.61. The molecule has 0 aromatic rings. The number of aliphatic hydroxyl groups excluding tert-OH is 1. The highest BCUT2D eigenvalue weighted by Gasteiger charge is 2.40. The molecule has 1 atom stereocenters. The third kappa shape index (κ3) is 4.15. The second-order valence-electron chi connectivity index (χ2n) is 6.79.